The summed E-state index contributed by atoms with van der Waals surface area (Å²) in [5.74, 6) is -0.190. The average Bonchev–Trinajstić information content (AvgIpc) is 2.69. The Balaban J connectivity index is 1.96. The number of amides is 1. The molecule has 1 aliphatic rings. The smallest absolute Gasteiger partial charge is 0.410 e. The predicted octanol–water partition coefficient (Wildman–Crippen LogP) is 3.88. The van der Waals surface area contributed by atoms with Crippen molar-refractivity contribution in [3.8, 4) is 0 Å². The minimum Gasteiger partial charge on any atom is -0.444 e. The molecule has 0 radical (unpaired) electrons. The van der Waals surface area contributed by atoms with Crippen LogP contribution in [0, 0.1) is 12.4 Å². The minimum atomic E-state index is -0.696. The third kappa shape index (κ3) is 4.68. The Labute approximate surface area is 183 Å². The summed E-state index contributed by atoms with van der Waals surface area (Å²) in [5.41, 5.74) is -0.532. The Kier molecular flexibility index (Phi) is 6.53. The Morgan fingerprint density at radius 2 is 2.17 bits per heavy atom. The number of thioether (sulfide) groups is 1. The third-order valence-electron chi connectivity index (χ3n) is 4.50. The van der Waals surface area contributed by atoms with Gasteiger partial charge in [-0.1, -0.05) is 23.4 Å². The van der Waals surface area contributed by atoms with Crippen LogP contribution in [0.2, 0.25) is 5.15 Å². The van der Waals surface area contributed by atoms with Crippen LogP contribution in [0.15, 0.2) is 11.4 Å². The third-order valence-corrected chi connectivity index (χ3v) is 5.31. The van der Waals surface area contributed by atoms with Crippen molar-refractivity contribution in [2.75, 3.05) is 37.3 Å². The van der Waals surface area contributed by atoms with Crippen LogP contribution in [0.3, 0.4) is 0 Å². The van der Waals surface area contributed by atoms with Crippen molar-refractivity contribution < 1.29 is 13.9 Å². The van der Waals surface area contributed by atoms with Crippen LogP contribution in [-0.2, 0) is 4.74 Å². The van der Waals surface area contributed by atoms with E-state index in [4.69, 9.17) is 22.9 Å². The summed E-state index contributed by atoms with van der Waals surface area (Å²) in [7, 11) is 0. The molecule has 1 fully saturated rings. The maximum absolute atomic E-state index is 14.6. The van der Waals surface area contributed by atoms with E-state index < -0.39 is 17.5 Å². The van der Waals surface area contributed by atoms with Gasteiger partial charge in [-0.15, -0.1) is 0 Å². The van der Waals surface area contributed by atoms with E-state index in [1.165, 1.54) is 18.0 Å². The van der Waals surface area contributed by atoms with Crippen molar-refractivity contribution in [1.29, 1.82) is 0 Å². The first-order chi connectivity index (χ1) is 14.1. The van der Waals surface area contributed by atoms with Crippen molar-refractivity contribution >= 4 is 46.2 Å². The molecule has 3 rings (SSSR count). The average molecular weight is 453 g/mol. The zero-order valence-corrected chi connectivity index (χ0v) is 18.7. The van der Waals surface area contributed by atoms with Crippen molar-refractivity contribution in [3.63, 3.8) is 0 Å². The van der Waals surface area contributed by atoms with Crippen molar-refractivity contribution in [2.24, 2.45) is 0 Å². The predicted molar refractivity (Wildman–Crippen MR) is 114 cm³/mol. The fourth-order valence-corrected chi connectivity index (χ4v) is 3.70. The molecule has 3 heterocycles. The van der Waals surface area contributed by atoms with Gasteiger partial charge in [-0.3, -0.25) is 4.90 Å². The molecule has 2 aromatic rings. The van der Waals surface area contributed by atoms with Gasteiger partial charge in [0.1, 0.15) is 23.0 Å². The summed E-state index contributed by atoms with van der Waals surface area (Å²) in [5, 5.41) is 0.580. The van der Waals surface area contributed by atoms with Gasteiger partial charge in [0.25, 0.3) is 0 Å². The summed E-state index contributed by atoms with van der Waals surface area (Å²) >= 11 is 7.12. The van der Waals surface area contributed by atoms with Gasteiger partial charge in [0.05, 0.1) is 5.39 Å². The number of pyridine rings is 1. The molecule has 2 aromatic heterocycles. The Morgan fingerprint density at radius 3 is 2.80 bits per heavy atom. The fourth-order valence-electron chi connectivity index (χ4n) is 3.20. The van der Waals surface area contributed by atoms with Gasteiger partial charge in [0, 0.05) is 25.8 Å². The van der Waals surface area contributed by atoms with Crippen LogP contribution in [-0.4, -0.2) is 70.0 Å². The molecule has 1 saturated heterocycles. The number of aromatic nitrogens is 3. The molecule has 1 aliphatic heterocycles. The molecular weight excluding hydrogens is 431 g/mol. The normalized spacial score (nSPS) is 17.2. The number of carbonyl (C=O) groups excluding carboxylic acids is 1. The first kappa shape index (κ1) is 22.3. The van der Waals surface area contributed by atoms with Crippen molar-refractivity contribution in [3.05, 3.63) is 28.6 Å². The molecule has 0 unspecified atom stereocenters. The van der Waals surface area contributed by atoms with Gasteiger partial charge >= 0.3 is 6.09 Å². The number of fused-ring (bicyclic) bond motifs is 1. The molecule has 1 atom stereocenters. The molecule has 0 spiro atoms. The number of nitrogens with zero attached hydrogens (tertiary/aromatic N) is 6. The van der Waals surface area contributed by atoms with Gasteiger partial charge < -0.3 is 14.5 Å². The molecule has 160 valence electrons. The molecule has 1 amide bonds. The van der Waals surface area contributed by atoms with Crippen molar-refractivity contribution in [2.45, 2.75) is 37.6 Å². The van der Waals surface area contributed by atoms with Gasteiger partial charge in [-0.05, 0) is 27.0 Å². The number of piperazine rings is 1. The summed E-state index contributed by atoms with van der Waals surface area (Å²) in [6.07, 6.45) is 2.80. The number of anilines is 1. The maximum atomic E-state index is 14.6. The molecule has 30 heavy (non-hydrogen) atoms. The number of halogens is 2. The Morgan fingerprint density at radius 1 is 1.43 bits per heavy atom. The quantitative estimate of drug-likeness (QED) is 0.302. The van der Waals surface area contributed by atoms with Crippen LogP contribution >= 0.6 is 23.4 Å². The second-order valence-corrected chi connectivity index (χ2v) is 8.90. The van der Waals surface area contributed by atoms with Crippen LogP contribution in [0.4, 0.5) is 15.0 Å². The minimum absolute atomic E-state index is 0.0978. The zero-order valence-electron chi connectivity index (χ0n) is 17.1. The lowest BCUT2D eigenvalue weighted by Gasteiger charge is -2.40. The SMILES string of the molecule is [C-]#[N+]C[C@H]1CN(c2nc(SC)nc3c(F)c(Cl)ncc23)CCN1C(=O)OC(C)(C)C. The Bertz CT molecular complexity index is 1010. The molecule has 11 heteroatoms. The lowest BCUT2D eigenvalue weighted by atomic mass is 10.1. The highest BCUT2D eigenvalue weighted by molar-refractivity contribution is 7.98. The van der Waals surface area contributed by atoms with Crippen LogP contribution in [0.25, 0.3) is 15.7 Å². The number of ether oxygens (including phenoxy) is 1. The zero-order chi connectivity index (χ0) is 22.1. The highest BCUT2D eigenvalue weighted by Gasteiger charge is 2.36. The van der Waals surface area contributed by atoms with Gasteiger partial charge in [0.15, 0.2) is 16.1 Å². The molecule has 0 saturated carbocycles. The van der Waals surface area contributed by atoms with Gasteiger partial charge in [0.2, 0.25) is 6.54 Å². The number of rotatable bonds is 3. The monoisotopic (exact) mass is 452 g/mol. The van der Waals surface area contributed by atoms with E-state index in [1.807, 2.05) is 4.90 Å². The molecule has 0 aliphatic carbocycles. The van der Waals surface area contributed by atoms with Crippen LogP contribution < -0.4 is 4.90 Å². The van der Waals surface area contributed by atoms with E-state index in [2.05, 4.69) is 19.8 Å². The van der Waals surface area contributed by atoms with Gasteiger partial charge in [-0.25, -0.2) is 30.7 Å². The number of carbonyl (C=O) groups is 1. The first-order valence-corrected chi connectivity index (χ1v) is 10.9. The van der Waals surface area contributed by atoms with Crippen LogP contribution in [0.1, 0.15) is 20.8 Å². The van der Waals surface area contributed by atoms with Crippen LogP contribution in [0.5, 0.6) is 0 Å². The summed E-state index contributed by atoms with van der Waals surface area (Å²) in [4.78, 5) is 32.3. The standard InChI is InChI=1S/C19H22ClFN6O2S/c1-19(2,3)29-18(28)27-7-6-26(10-11(27)8-22-4)16-12-9-23-15(20)13(21)14(12)24-17(25-16)30-5/h9,11H,6-8,10H2,1-3,5H3/t11-/m0/s1. The lowest BCUT2D eigenvalue weighted by molar-refractivity contribution is 0.0156. The second kappa shape index (κ2) is 8.78. The van der Waals surface area contributed by atoms with E-state index in [0.29, 0.717) is 36.0 Å². The molecule has 8 nitrogen and oxygen atoms in total. The second-order valence-electron chi connectivity index (χ2n) is 7.77. The van der Waals surface area contributed by atoms with Gasteiger partial charge in [-0.2, -0.15) is 0 Å². The first-order valence-electron chi connectivity index (χ1n) is 9.28. The maximum Gasteiger partial charge on any atom is 0.410 e. The van der Waals surface area contributed by atoms with E-state index in [1.54, 1.807) is 31.9 Å². The van der Waals surface area contributed by atoms with E-state index in [9.17, 15) is 9.18 Å². The van der Waals surface area contributed by atoms with E-state index in [-0.39, 0.29) is 23.3 Å². The highest BCUT2D eigenvalue weighted by atomic mass is 35.5. The van der Waals surface area contributed by atoms with E-state index in [0.717, 1.165) is 0 Å². The van der Waals surface area contributed by atoms with E-state index >= 15 is 0 Å². The molecule has 0 bridgehead atoms. The molecule has 0 N–H and O–H groups in total. The van der Waals surface area contributed by atoms with Crippen molar-refractivity contribution in [1.82, 2.24) is 19.9 Å². The lowest BCUT2D eigenvalue weighted by Crippen LogP contribution is -2.57. The summed E-state index contributed by atoms with van der Waals surface area (Å²) < 4.78 is 20.1. The largest absolute Gasteiger partial charge is 0.444 e. The fraction of sp³-hybridized carbons (Fsp3) is 0.526. The Hall–Kier alpha value is -2.38. The number of hydrogen-bond donors (Lipinski definition) is 0. The number of hydrogen-bond acceptors (Lipinski definition) is 7. The highest BCUT2D eigenvalue weighted by Crippen LogP contribution is 2.31. The summed E-state index contributed by atoms with van der Waals surface area (Å²) in [6, 6.07) is -0.390. The summed E-state index contributed by atoms with van der Waals surface area (Å²) in [6.45, 7) is 14.0. The molecule has 0 aromatic carbocycles. The molecular formula is C19H22ClFN6O2S. The topological polar surface area (TPSA) is 75.8 Å².